The molecule has 0 spiro atoms. The molecule has 1 aromatic carbocycles. The number of rotatable bonds is 3. The molecule has 22 heavy (non-hydrogen) atoms. The largest absolute Gasteiger partial charge is 0.496 e. The molecule has 1 saturated carbocycles. The van der Waals surface area contributed by atoms with Crippen LogP contribution in [-0.4, -0.2) is 41.8 Å². The van der Waals surface area contributed by atoms with Crippen LogP contribution in [-0.2, 0) is 6.54 Å². The maximum Gasteiger partial charge on any atom is 0.317 e. The Labute approximate surface area is 131 Å². The van der Waals surface area contributed by atoms with E-state index in [1.807, 2.05) is 36.1 Å². The number of nitrogens with zero attached hydrogens (tertiary/aromatic N) is 1. The summed E-state index contributed by atoms with van der Waals surface area (Å²) in [6.07, 6.45) is 1.60. The summed E-state index contributed by atoms with van der Waals surface area (Å²) in [7, 11) is 1.63. The highest BCUT2D eigenvalue weighted by molar-refractivity contribution is 5.74. The van der Waals surface area contributed by atoms with E-state index in [2.05, 4.69) is 5.32 Å². The van der Waals surface area contributed by atoms with Crippen molar-refractivity contribution in [3.63, 3.8) is 0 Å². The molecule has 1 aliphatic heterocycles. The van der Waals surface area contributed by atoms with Gasteiger partial charge in [-0.3, -0.25) is 0 Å². The first kappa shape index (κ1) is 15.2. The van der Waals surface area contributed by atoms with Gasteiger partial charge in [0.2, 0.25) is 0 Å². The summed E-state index contributed by atoms with van der Waals surface area (Å²) in [5.74, 6) is 1.66. The Morgan fingerprint density at radius 2 is 2.00 bits per heavy atom. The Kier molecular flexibility index (Phi) is 4.00. The molecular weight excluding hydrogens is 280 g/mol. The minimum atomic E-state index is -0.546. The maximum absolute atomic E-state index is 12.3. The van der Waals surface area contributed by atoms with Crippen molar-refractivity contribution in [2.45, 2.75) is 31.9 Å². The zero-order chi connectivity index (χ0) is 15.7. The molecule has 0 aromatic heterocycles. The molecule has 2 amide bonds. The first-order valence-corrected chi connectivity index (χ1v) is 7.85. The number of aliphatic hydroxyl groups is 1. The summed E-state index contributed by atoms with van der Waals surface area (Å²) in [6.45, 7) is 3.86. The van der Waals surface area contributed by atoms with Crippen molar-refractivity contribution >= 4 is 6.03 Å². The lowest BCUT2D eigenvalue weighted by molar-refractivity contribution is 0.0556. The van der Waals surface area contributed by atoms with Gasteiger partial charge in [-0.2, -0.15) is 0 Å². The number of urea groups is 1. The van der Waals surface area contributed by atoms with Crippen molar-refractivity contribution in [3.05, 3.63) is 29.8 Å². The van der Waals surface area contributed by atoms with Crippen LogP contribution < -0.4 is 10.1 Å². The fourth-order valence-electron chi connectivity index (χ4n) is 3.91. The summed E-state index contributed by atoms with van der Waals surface area (Å²) in [4.78, 5) is 14.2. The smallest absolute Gasteiger partial charge is 0.317 e. The number of likely N-dealkylation sites (tertiary alicyclic amines) is 1. The number of amides is 2. The summed E-state index contributed by atoms with van der Waals surface area (Å²) in [5.41, 5.74) is 0.427. The lowest BCUT2D eigenvalue weighted by Gasteiger charge is -2.22. The van der Waals surface area contributed by atoms with E-state index in [9.17, 15) is 9.90 Å². The predicted molar refractivity (Wildman–Crippen MR) is 83.6 cm³/mol. The van der Waals surface area contributed by atoms with Crippen LogP contribution in [0.4, 0.5) is 4.79 Å². The number of carbonyl (C=O) groups is 1. The molecule has 2 fully saturated rings. The van der Waals surface area contributed by atoms with E-state index >= 15 is 0 Å². The topological polar surface area (TPSA) is 61.8 Å². The molecule has 0 bridgehead atoms. The average molecular weight is 304 g/mol. The molecule has 120 valence electrons. The van der Waals surface area contributed by atoms with Gasteiger partial charge in [-0.1, -0.05) is 18.2 Å². The first-order chi connectivity index (χ1) is 10.5. The third kappa shape index (κ3) is 3.04. The second kappa shape index (κ2) is 5.80. The Hall–Kier alpha value is -1.75. The van der Waals surface area contributed by atoms with Crippen LogP contribution in [0.1, 0.15) is 25.3 Å². The summed E-state index contributed by atoms with van der Waals surface area (Å²) in [5, 5.41) is 13.1. The highest BCUT2D eigenvalue weighted by Gasteiger charge is 2.46. The number of carbonyl (C=O) groups excluding carboxylic acids is 1. The van der Waals surface area contributed by atoms with Crippen LogP contribution in [0.25, 0.3) is 0 Å². The Balaban J connectivity index is 1.54. The van der Waals surface area contributed by atoms with Gasteiger partial charge in [0.25, 0.3) is 0 Å². The van der Waals surface area contributed by atoms with E-state index in [1.54, 1.807) is 7.11 Å². The molecule has 3 atom stereocenters. The molecule has 1 unspecified atom stereocenters. The lowest BCUT2D eigenvalue weighted by Crippen LogP contribution is -2.39. The molecule has 1 heterocycles. The van der Waals surface area contributed by atoms with Crippen molar-refractivity contribution in [1.29, 1.82) is 0 Å². The van der Waals surface area contributed by atoms with Gasteiger partial charge >= 0.3 is 6.03 Å². The van der Waals surface area contributed by atoms with Crippen molar-refractivity contribution in [1.82, 2.24) is 10.2 Å². The quantitative estimate of drug-likeness (QED) is 0.898. The monoisotopic (exact) mass is 304 g/mol. The van der Waals surface area contributed by atoms with Gasteiger partial charge in [0.15, 0.2) is 0 Å². The lowest BCUT2D eigenvalue weighted by atomic mass is 10.0. The van der Waals surface area contributed by atoms with Crippen LogP contribution in [0.2, 0.25) is 0 Å². The Morgan fingerprint density at radius 1 is 1.36 bits per heavy atom. The van der Waals surface area contributed by atoms with Crippen molar-refractivity contribution < 1.29 is 14.6 Å². The van der Waals surface area contributed by atoms with Gasteiger partial charge in [0, 0.05) is 25.2 Å². The summed E-state index contributed by atoms with van der Waals surface area (Å²) >= 11 is 0. The molecule has 5 heteroatoms. The van der Waals surface area contributed by atoms with Gasteiger partial charge in [0.05, 0.1) is 12.7 Å². The number of hydrogen-bond donors (Lipinski definition) is 2. The van der Waals surface area contributed by atoms with Crippen LogP contribution >= 0.6 is 0 Å². The normalized spacial score (nSPS) is 30.2. The van der Waals surface area contributed by atoms with E-state index in [-0.39, 0.29) is 6.03 Å². The second-order valence-electron chi connectivity index (χ2n) is 6.80. The number of fused-ring (bicyclic) bond motifs is 1. The molecule has 2 N–H and O–H groups in total. The fraction of sp³-hybridized carbons (Fsp3) is 0.588. The number of hydrogen-bond acceptors (Lipinski definition) is 3. The van der Waals surface area contributed by atoms with Crippen LogP contribution in [0.15, 0.2) is 24.3 Å². The van der Waals surface area contributed by atoms with Crippen LogP contribution in [0, 0.1) is 11.8 Å². The zero-order valence-corrected chi connectivity index (χ0v) is 13.2. The molecular formula is C17H24N2O3. The first-order valence-electron chi connectivity index (χ1n) is 7.85. The number of para-hydroxylation sites is 1. The van der Waals surface area contributed by atoms with E-state index in [0.717, 1.165) is 37.2 Å². The minimum absolute atomic E-state index is 0.0278. The van der Waals surface area contributed by atoms with Crippen molar-refractivity contribution in [2.75, 3.05) is 20.2 Å². The van der Waals surface area contributed by atoms with Gasteiger partial charge < -0.3 is 20.1 Å². The van der Waals surface area contributed by atoms with Gasteiger partial charge in [-0.15, -0.1) is 0 Å². The van der Waals surface area contributed by atoms with E-state index in [0.29, 0.717) is 18.4 Å². The van der Waals surface area contributed by atoms with Crippen molar-refractivity contribution in [2.24, 2.45) is 11.8 Å². The Morgan fingerprint density at radius 3 is 2.64 bits per heavy atom. The Bertz CT molecular complexity index is 543. The molecule has 3 rings (SSSR count). The summed E-state index contributed by atoms with van der Waals surface area (Å²) in [6, 6.07) is 7.67. The zero-order valence-electron chi connectivity index (χ0n) is 13.2. The molecule has 5 nitrogen and oxygen atoms in total. The molecule has 0 radical (unpaired) electrons. The number of ether oxygens (including phenoxy) is 1. The number of benzene rings is 1. The third-order valence-corrected chi connectivity index (χ3v) is 4.89. The van der Waals surface area contributed by atoms with E-state index < -0.39 is 5.60 Å². The highest BCUT2D eigenvalue weighted by Crippen LogP contribution is 2.43. The third-order valence-electron chi connectivity index (χ3n) is 4.89. The van der Waals surface area contributed by atoms with Crippen LogP contribution in [0.5, 0.6) is 5.75 Å². The molecule has 2 aliphatic rings. The number of methoxy groups -OCH3 is 1. The molecule has 1 aromatic rings. The van der Waals surface area contributed by atoms with Crippen LogP contribution in [0.3, 0.4) is 0 Å². The van der Waals surface area contributed by atoms with Gasteiger partial charge in [0.1, 0.15) is 5.75 Å². The second-order valence-corrected chi connectivity index (χ2v) is 6.80. The number of nitrogens with one attached hydrogen (secondary N) is 1. The molecule has 1 aliphatic carbocycles. The fourth-order valence-corrected chi connectivity index (χ4v) is 3.91. The summed E-state index contributed by atoms with van der Waals surface area (Å²) < 4.78 is 5.29. The standard InChI is InChI=1S/C17H24N2O3/c1-17(21)7-13-10-19(11-14(13)8-17)16(20)18-9-12-5-3-4-6-15(12)22-2/h3-6,13-14,21H,7-11H2,1-2H3,(H,18,20)/t13-,14+,17?. The maximum atomic E-state index is 12.3. The van der Waals surface area contributed by atoms with E-state index in [4.69, 9.17) is 4.74 Å². The minimum Gasteiger partial charge on any atom is -0.496 e. The van der Waals surface area contributed by atoms with E-state index in [1.165, 1.54) is 0 Å². The highest BCUT2D eigenvalue weighted by atomic mass is 16.5. The van der Waals surface area contributed by atoms with Crippen molar-refractivity contribution in [3.8, 4) is 5.75 Å². The molecule has 1 saturated heterocycles. The van der Waals surface area contributed by atoms with Gasteiger partial charge in [-0.25, -0.2) is 4.79 Å². The average Bonchev–Trinajstić information content (AvgIpc) is 2.98. The van der Waals surface area contributed by atoms with Gasteiger partial charge in [-0.05, 0) is 37.7 Å². The predicted octanol–water partition coefficient (Wildman–Crippen LogP) is 2.00. The SMILES string of the molecule is COc1ccccc1CNC(=O)N1C[C@@H]2CC(C)(O)C[C@@H]2C1.